The first-order valence-corrected chi connectivity index (χ1v) is 7.96. The van der Waals surface area contributed by atoms with Crippen LogP contribution >= 0.6 is 11.5 Å². The fourth-order valence-electron chi connectivity index (χ4n) is 2.52. The van der Waals surface area contributed by atoms with E-state index >= 15 is 0 Å². The number of nitrogens with one attached hydrogen (secondary N) is 1. The third-order valence-electron chi connectivity index (χ3n) is 3.97. The molecule has 0 amide bonds. The Hall–Kier alpha value is -0.680. The van der Waals surface area contributed by atoms with Crippen molar-refractivity contribution in [2.45, 2.75) is 52.1 Å². The van der Waals surface area contributed by atoms with Gasteiger partial charge in [0.1, 0.15) is 5.60 Å². The van der Waals surface area contributed by atoms with E-state index in [4.69, 9.17) is 4.74 Å². The minimum absolute atomic E-state index is 0.249. The maximum absolute atomic E-state index is 5.81. The van der Waals surface area contributed by atoms with Gasteiger partial charge in [0.05, 0.1) is 0 Å². The minimum atomic E-state index is -0.249. The van der Waals surface area contributed by atoms with Crippen LogP contribution < -0.4 is 5.32 Å². The molecule has 1 fully saturated rings. The van der Waals surface area contributed by atoms with Crippen LogP contribution in [0.25, 0.3) is 0 Å². The Balaban J connectivity index is 2.07. The summed E-state index contributed by atoms with van der Waals surface area (Å²) in [5, 5.41) is 4.26. The number of rotatable bonds is 5. The molecule has 1 saturated carbocycles. The van der Waals surface area contributed by atoms with Gasteiger partial charge in [-0.3, -0.25) is 0 Å². The van der Waals surface area contributed by atoms with Crippen LogP contribution in [-0.4, -0.2) is 23.0 Å². The van der Waals surface area contributed by atoms with Crippen LogP contribution in [0.5, 0.6) is 0 Å². The predicted octanol–water partition coefficient (Wildman–Crippen LogP) is 3.66. The molecule has 1 aliphatic carbocycles. The van der Waals surface area contributed by atoms with Gasteiger partial charge in [-0.1, -0.05) is 20.8 Å². The fourth-order valence-corrected chi connectivity index (χ4v) is 3.17. The van der Waals surface area contributed by atoms with Gasteiger partial charge in [-0.05, 0) is 37.5 Å². The third kappa shape index (κ3) is 3.45. The number of hydrogen-bond donors (Lipinski definition) is 1. The van der Waals surface area contributed by atoms with Crippen molar-refractivity contribution in [3.05, 3.63) is 5.82 Å². The molecule has 5 heteroatoms. The summed E-state index contributed by atoms with van der Waals surface area (Å²) in [5.41, 5.74) is -0.249. The summed E-state index contributed by atoms with van der Waals surface area (Å²) < 4.78 is 10.3. The van der Waals surface area contributed by atoms with Crippen molar-refractivity contribution in [1.82, 2.24) is 9.36 Å². The molecule has 1 heterocycles. The van der Waals surface area contributed by atoms with Crippen LogP contribution in [0.2, 0.25) is 0 Å². The van der Waals surface area contributed by atoms with E-state index < -0.39 is 0 Å². The van der Waals surface area contributed by atoms with Gasteiger partial charge in [-0.25, -0.2) is 4.98 Å². The zero-order chi connectivity index (χ0) is 13.9. The molecular weight excluding hydrogens is 258 g/mol. The smallest absolute Gasteiger partial charge is 0.202 e. The average molecular weight is 283 g/mol. The highest BCUT2D eigenvalue weighted by Crippen LogP contribution is 2.41. The highest BCUT2D eigenvalue weighted by atomic mass is 32.1. The molecule has 0 radical (unpaired) electrons. The lowest BCUT2D eigenvalue weighted by Crippen LogP contribution is -2.34. The molecule has 1 aromatic heterocycles. The lowest BCUT2D eigenvalue weighted by atomic mass is 9.79. The topological polar surface area (TPSA) is 47.0 Å². The van der Waals surface area contributed by atoms with Crippen molar-refractivity contribution >= 4 is 16.7 Å². The Kier molecular flexibility index (Phi) is 4.79. The summed E-state index contributed by atoms with van der Waals surface area (Å²) in [4.78, 5) is 4.65. The second-order valence-electron chi connectivity index (χ2n) is 6.08. The molecule has 0 aliphatic heterocycles. The van der Waals surface area contributed by atoms with Gasteiger partial charge >= 0.3 is 0 Å². The van der Waals surface area contributed by atoms with Crippen LogP contribution in [0.15, 0.2) is 0 Å². The molecule has 19 heavy (non-hydrogen) atoms. The van der Waals surface area contributed by atoms with E-state index in [1.807, 2.05) is 0 Å². The summed E-state index contributed by atoms with van der Waals surface area (Å²) >= 11 is 1.45. The average Bonchev–Trinajstić information content (AvgIpc) is 2.87. The predicted molar refractivity (Wildman–Crippen MR) is 79.6 cm³/mol. The molecule has 2 rings (SSSR count). The molecule has 0 saturated heterocycles. The summed E-state index contributed by atoms with van der Waals surface area (Å²) in [6, 6.07) is 0. The largest absolute Gasteiger partial charge is 0.370 e. The van der Waals surface area contributed by atoms with E-state index in [-0.39, 0.29) is 5.60 Å². The normalized spacial score (nSPS) is 27.7. The van der Waals surface area contributed by atoms with Gasteiger partial charge in [-0.15, -0.1) is 0 Å². The van der Waals surface area contributed by atoms with E-state index in [2.05, 4.69) is 35.4 Å². The molecule has 4 nitrogen and oxygen atoms in total. The van der Waals surface area contributed by atoms with Crippen molar-refractivity contribution in [3.63, 3.8) is 0 Å². The zero-order valence-corrected chi connectivity index (χ0v) is 13.2. The van der Waals surface area contributed by atoms with E-state index in [0.29, 0.717) is 5.92 Å². The van der Waals surface area contributed by atoms with Gasteiger partial charge < -0.3 is 10.1 Å². The Morgan fingerprint density at radius 2 is 2.11 bits per heavy atom. The third-order valence-corrected chi connectivity index (χ3v) is 4.64. The summed E-state index contributed by atoms with van der Waals surface area (Å²) in [5.74, 6) is 2.28. The molecule has 0 aromatic carbocycles. The molecular formula is C14H25N3OS. The molecule has 1 aliphatic rings. The molecule has 0 unspecified atom stereocenters. The summed E-state index contributed by atoms with van der Waals surface area (Å²) in [6.07, 6.45) is 4.46. The first kappa shape index (κ1) is 14.7. The highest BCUT2D eigenvalue weighted by Gasteiger charge is 2.39. The Labute approximate surface area is 120 Å². The van der Waals surface area contributed by atoms with Crippen molar-refractivity contribution in [2.24, 2.45) is 11.8 Å². The van der Waals surface area contributed by atoms with Crippen LogP contribution in [0, 0.1) is 11.8 Å². The van der Waals surface area contributed by atoms with Gasteiger partial charge in [0, 0.05) is 25.2 Å². The minimum Gasteiger partial charge on any atom is -0.370 e. The Morgan fingerprint density at radius 1 is 1.42 bits per heavy atom. The monoisotopic (exact) mass is 283 g/mol. The molecule has 1 N–H and O–H groups in total. The SMILES string of the molecule is COC1(c2nsc(NCC(C)C)n2)CCC(C)CC1. The van der Waals surface area contributed by atoms with Gasteiger partial charge in [0.2, 0.25) is 5.13 Å². The van der Waals surface area contributed by atoms with E-state index in [1.165, 1.54) is 24.4 Å². The number of methoxy groups -OCH3 is 1. The maximum atomic E-state index is 5.81. The van der Waals surface area contributed by atoms with Gasteiger partial charge in [0.25, 0.3) is 0 Å². The number of aromatic nitrogens is 2. The standard InChI is InChI=1S/C14H25N3OS/c1-10(2)9-15-13-16-12(17-19-13)14(18-4)7-5-11(3)6-8-14/h10-11H,5-9H2,1-4H3,(H,15,16,17). The van der Waals surface area contributed by atoms with E-state index in [9.17, 15) is 0 Å². The van der Waals surface area contributed by atoms with Crippen molar-refractivity contribution in [3.8, 4) is 0 Å². The number of nitrogens with zero attached hydrogens (tertiary/aromatic N) is 2. The van der Waals surface area contributed by atoms with Crippen LogP contribution in [0.3, 0.4) is 0 Å². The molecule has 0 bridgehead atoms. The van der Waals surface area contributed by atoms with Crippen molar-refractivity contribution in [1.29, 1.82) is 0 Å². The van der Waals surface area contributed by atoms with E-state index in [1.54, 1.807) is 7.11 Å². The summed E-state index contributed by atoms with van der Waals surface area (Å²) in [6.45, 7) is 7.62. The fraction of sp³-hybridized carbons (Fsp3) is 0.857. The highest BCUT2D eigenvalue weighted by molar-refractivity contribution is 7.09. The molecule has 1 aromatic rings. The van der Waals surface area contributed by atoms with Crippen molar-refractivity contribution < 1.29 is 4.74 Å². The second-order valence-corrected chi connectivity index (χ2v) is 6.83. The Bertz CT molecular complexity index is 397. The van der Waals surface area contributed by atoms with Crippen LogP contribution in [-0.2, 0) is 10.3 Å². The van der Waals surface area contributed by atoms with Crippen LogP contribution in [0.1, 0.15) is 52.3 Å². The number of anilines is 1. The lowest BCUT2D eigenvalue weighted by molar-refractivity contribution is -0.0588. The number of hydrogen-bond acceptors (Lipinski definition) is 5. The quantitative estimate of drug-likeness (QED) is 0.896. The van der Waals surface area contributed by atoms with Gasteiger partial charge in [-0.2, -0.15) is 4.37 Å². The number of ether oxygens (including phenoxy) is 1. The lowest BCUT2D eigenvalue weighted by Gasteiger charge is -2.35. The molecule has 108 valence electrons. The summed E-state index contributed by atoms with van der Waals surface area (Å²) in [7, 11) is 1.79. The van der Waals surface area contributed by atoms with Crippen molar-refractivity contribution in [2.75, 3.05) is 19.0 Å². The first-order valence-electron chi connectivity index (χ1n) is 7.19. The van der Waals surface area contributed by atoms with Gasteiger partial charge in [0.15, 0.2) is 5.82 Å². The van der Waals surface area contributed by atoms with E-state index in [0.717, 1.165) is 36.3 Å². The zero-order valence-electron chi connectivity index (χ0n) is 12.4. The first-order chi connectivity index (χ1) is 9.05. The second kappa shape index (κ2) is 6.18. The maximum Gasteiger partial charge on any atom is 0.202 e. The molecule has 0 atom stereocenters. The molecule has 0 spiro atoms. The Morgan fingerprint density at radius 3 is 2.68 bits per heavy atom. The van der Waals surface area contributed by atoms with Crippen LogP contribution in [0.4, 0.5) is 5.13 Å².